The van der Waals surface area contributed by atoms with Crippen LogP contribution in [0.15, 0.2) is 12.1 Å². The van der Waals surface area contributed by atoms with Gasteiger partial charge in [0.25, 0.3) is 0 Å². The lowest BCUT2D eigenvalue weighted by Gasteiger charge is -2.20. The van der Waals surface area contributed by atoms with Crippen molar-refractivity contribution in [2.45, 2.75) is 26.4 Å². The first kappa shape index (κ1) is 16.4. The zero-order chi connectivity index (χ0) is 15.3. The Hall–Kier alpha value is -1.69. The summed E-state index contributed by atoms with van der Waals surface area (Å²) < 4.78 is 28.0. The second kappa shape index (κ2) is 7.19. The van der Waals surface area contributed by atoms with Crippen LogP contribution in [0.1, 0.15) is 19.4 Å². The van der Waals surface area contributed by atoms with Crippen molar-refractivity contribution in [2.24, 2.45) is 0 Å². The van der Waals surface area contributed by atoms with Gasteiger partial charge in [-0.1, -0.05) is 13.8 Å². The van der Waals surface area contributed by atoms with Crippen LogP contribution < -0.4 is 15.5 Å². The van der Waals surface area contributed by atoms with Gasteiger partial charge in [0.15, 0.2) is 0 Å². The zero-order valence-electron chi connectivity index (χ0n) is 12.3. The van der Waals surface area contributed by atoms with E-state index in [4.69, 9.17) is 0 Å². The number of carbonyl (C=O) groups excluding carboxylic acids is 1. The van der Waals surface area contributed by atoms with E-state index < -0.39 is 11.6 Å². The number of hydrogen-bond donors (Lipinski definition) is 2. The van der Waals surface area contributed by atoms with Crippen LogP contribution in [0.4, 0.5) is 14.5 Å². The molecule has 1 amide bonds. The van der Waals surface area contributed by atoms with E-state index in [0.717, 1.165) is 0 Å². The number of halogens is 2. The van der Waals surface area contributed by atoms with Crippen LogP contribution in [0.5, 0.6) is 0 Å². The molecule has 0 bridgehead atoms. The van der Waals surface area contributed by atoms with Crippen molar-refractivity contribution in [3.63, 3.8) is 0 Å². The highest BCUT2D eigenvalue weighted by molar-refractivity contribution is 5.81. The average molecular weight is 285 g/mol. The van der Waals surface area contributed by atoms with Crippen LogP contribution in [0.25, 0.3) is 0 Å². The standard InChI is InChI=1S/C14H21F2N3O/c1-9(2)18-7-10-5-11(15)14(12(16)6-10)19(4)8-13(20)17-3/h5-6,9,18H,7-8H2,1-4H3,(H,17,20). The molecule has 0 spiro atoms. The van der Waals surface area contributed by atoms with Crippen LogP contribution in [-0.2, 0) is 11.3 Å². The Morgan fingerprint density at radius 1 is 1.30 bits per heavy atom. The zero-order valence-corrected chi connectivity index (χ0v) is 12.3. The summed E-state index contributed by atoms with van der Waals surface area (Å²) in [6.07, 6.45) is 0. The van der Waals surface area contributed by atoms with Gasteiger partial charge in [-0.05, 0) is 17.7 Å². The number of anilines is 1. The van der Waals surface area contributed by atoms with Crippen LogP contribution in [0.3, 0.4) is 0 Å². The van der Waals surface area contributed by atoms with E-state index >= 15 is 0 Å². The minimum atomic E-state index is -0.669. The number of hydrogen-bond acceptors (Lipinski definition) is 3. The molecular formula is C14H21F2N3O. The lowest BCUT2D eigenvalue weighted by atomic mass is 10.1. The van der Waals surface area contributed by atoms with E-state index in [1.54, 1.807) is 0 Å². The van der Waals surface area contributed by atoms with E-state index in [1.165, 1.54) is 31.1 Å². The fourth-order valence-electron chi connectivity index (χ4n) is 1.78. The van der Waals surface area contributed by atoms with Gasteiger partial charge in [0, 0.05) is 26.7 Å². The van der Waals surface area contributed by atoms with Gasteiger partial charge in [0.2, 0.25) is 5.91 Å². The fraction of sp³-hybridized carbons (Fsp3) is 0.500. The summed E-state index contributed by atoms with van der Waals surface area (Å²) in [6.45, 7) is 4.20. The summed E-state index contributed by atoms with van der Waals surface area (Å²) in [7, 11) is 2.95. The quantitative estimate of drug-likeness (QED) is 0.835. The average Bonchev–Trinajstić information content (AvgIpc) is 2.35. The van der Waals surface area contributed by atoms with Crippen LogP contribution >= 0.6 is 0 Å². The lowest BCUT2D eigenvalue weighted by Crippen LogP contribution is -2.34. The number of rotatable bonds is 6. The molecule has 1 rings (SSSR count). The van der Waals surface area contributed by atoms with Crippen molar-refractivity contribution in [3.8, 4) is 0 Å². The summed E-state index contributed by atoms with van der Waals surface area (Å²) in [5.74, 6) is -1.65. The number of benzene rings is 1. The van der Waals surface area contributed by atoms with Gasteiger partial charge in [-0.15, -0.1) is 0 Å². The molecule has 0 radical (unpaired) electrons. The van der Waals surface area contributed by atoms with Crippen LogP contribution in [0, 0.1) is 11.6 Å². The molecular weight excluding hydrogens is 264 g/mol. The molecule has 0 aliphatic carbocycles. The second-order valence-electron chi connectivity index (χ2n) is 4.97. The third kappa shape index (κ3) is 4.45. The Morgan fingerprint density at radius 3 is 2.30 bits per heavy atom. The van der Waals surface area contributed by atoms with Crippen molar-refractivity contribution in [1.29, 1.82) is 0 Å². The van der Waals surface area contributed by atoms with E-state index in [0.29, 0.717) is 12.1 Å². The first-order valence-electron chi connectivity index (χ1n) is 6.48. The largest absolute Gasteiger partial charge is 0.361 e. The highest BCUT2D eigenvalue weighted by Gasteiger charge is 2.17. The summed E-state index contributed by atoms with van der Waals surface area (Å²) in [4.78, 5) is 12.5. The maximum absolute atomic E-state index is 14.0. The summed E-state index contributed by atoms with van der Waals surface area (Å²) >= 11 is 0. The molecule has 4 nitrogen and oxygen atoms in total. The number of nitrogens with one attached hydrogen (secondary N) is 2. The summed E-state index contributed by atoms with van der Waals surface area (Å²) in [5, 5.41) is 5.51. The van der Waals surface area contributed by atoms with Gasteiger partial charge in [-0.3, -0.25) is 4.79 Å². The van der Waals surface area contributed by atoms with Crippen molar-refractivity contribution in [2.75, 3.05) is 25.5 Å². The maximum atomic E-state index is 14.0. The van der Waals surface area contributed by atoms with Crippen LogP contribution in [-0.4, -0.2) is 32.6 Å². The highest BCUT2D eigenvalue weighted by Crippen LogP contribution is 2.24. The van der Waals surface area contributed by atoms with E-state index in [9.17, 15) is 13.6 Å². The third-order valence-electron chi connectivity index (χ3n) is 2.83. The van der Waals surface area contributed by atoms with Crippen molar-refractivity contribution in [1.82, 2.24) is 10.6 Å². The molecule has 0 fully saturated rings. The van der Waals surface area contributed by atoms with Gasteiger partial charge in [0.05, 0.1) is 6.54 Å². The molecule has 0 saturated carbocycles. The predicted octanol–water partition coefficient (Wildman–Crippen LogP) is 1.64. The summed E-state index contributed by atoms with van der Waals surface area (Å²) in [6, 6.07) is 2.80. The molecule has 0 atom stereocenters. The molecule has 0 aliphatic heterocycles. The molecule has 1 aromatic rings. The van der Waals surface area contributed by atoms with Gasteiger partial charge >= 0.3 is 0 Å². The Morgan fingerprint density at radius 2 is 1.85 bits per heavy atom. The smallest absolute Gasteiger partial charge is 0.239 e. The van der Waals surface area contributed by atoms with Gasteiger partial charge in [0.1, 0.15) is 17.3 Å². The first-order chi connectivity index (χ1) is 9.35. The number of carbonyl (C=O) groups is 1. The molecule has 1 aromatic carbocycles. The monoisotopic (exact) mass is 285 g/mol. The van der Waals surface area contributed by atoms with Gasteiger partial charge in [-0.2, -0.15) is 0 Å². The molecule has 0 unspecified atom stereocenters. The van der Waals surface area contributed by atoms with E-state index in [-0.39, 0.29) is 24.2 Å². The number of likely N-dealkylation sites (N-methyl/N-ethyl adjacent to an activating group) is 2. The first-order valence-corrected chi connectivity index (χ1v) is 6.48. The van der Waals surface area contributed by atoms with E-state index in [2.05, 4.69) is 10.6 Å². The van der Waals surface area contributed by atoms with Crippen molar-refractivity contribution in [3.05, 3.63) is 29.3 Å². The van der Waals surface area contributed by atoms with Crippen molar-refractivity contribution < 1.29 is 13.6 Å². The SMILES string of the molecule is CNC(=O)CN(C)c1c(F)cc(CNC(C)C)cc1F. The normalized spacial score (nSPS) is 10.8. The second-order valence-corrected chi connectivity index (χ2v) is 4.97. The predicted molar refractivity (Wildman–Crippen MR) is 75.7 cm³/mol. The topological polar surface area (TPSA) is 44.4 Å². The maximum Gasteiger partial charge on any atom is 0.239 e. The fourth-order valence-corrected chi connectivity index (χ4v) is 1.78. The molecule has 0 aromatic heterocycles. The van der Waals surface area contributed by atoms with E-state index in [1.807, 2.05) is 13.8 Å². The van der Waals surface area contributed by atoms with Crippen molar-refractivity contribution >= 4 is 11.6 Å². The minimum absolute atomic E-state index is 0.103. The highest BCUT2D eigenvalue weighted by atomic mass is 19.1. The lowest BCUT2D eigenvalue weighted by molar-refractivity contribution is -0.119. The summed E-state index contributed by atoms with van der Waals surface area (Å²) in [5.41, 5.74) is 0.340. The molecule has 0 saturated heterocycles. The molecule has 112 valence electrons. The molecule has 0 heterocycles. The van der Waals surface area contributed by atoms with Crippen LogP contribution in [0.2, 0.25) is 0 Å². The molecule has 6 heteroatoms. The molecule has 2 N–H and O–H groups in total. The van der Waals surface area contributed by atoms with Gasteiger partial charge in [-0.25, -0.2) is 8.78 Å². The Balaban J connectivity index is 2.91. The Labute approximate surface area is 118 Å². The molecule has 0 aliphatic rings. The Bertz CT molecular complexity index is 454. The molecule has 20 heavy (non-hydrogen) atoms. The number of nitrogens with zero attached hydrogens (tertiary/aromatic N) is 1. The minimum Gasteiger partial charge on any atom is -0.361 e. The third-order valence-corrected chi connectivity index (χ3v) is 2.83. The van der Waals surface area contributed by atoms with Gasteiger partial charge < -0.3 is 15.5 Å². The Kier molecular flexibility index (Phi) is 5.88. The number of amides is 1.